The van der Waals surface area contributed by atoms with Gasteiger partial charge in [-0.05, 0) is 54.7 Å². The summed E-state index contributed by atoms with van der Waals surface area (Å²) >= 11 is 0. The standard InChI is InChI=1S/C27H22N6/c28-15-20-14-19(9-10-26(20)32-12-2-1-3-13-32)21-16-30-27-24(17-31-33(27)18-21)22-6-4-8-25-23(22)7-5-11-29-25/h4-11,14,16-18H,1-3,12-13H2. The average molecular weight is 431 g/mol. The first kappa shape index (κ1) is 19.4. The number of hydrogen-bond donors (Lipinski definition) is 0. The third-order valence-electron chi connectivity index (χ3n) is 6.44. The van der Waals surface area contributed by atoms with E-state index in [0.717, 1.165) is 57.6 Å². The second kappa shape index (κ2) is 8.03. The summed E-state index contributed by atoms with van der Waals surface area (Å²) in [5.74, 6) is 0. The number of nitrogens with zero attached hydrogens (tertiary/aromatic N) is 6. The second-order valence-corrected chi connectivity index (χ2v) is 8.44. The molecule has 0 unspecified atom stereocenters. The maximum absolute atomic E-state index is 9.79. The molecule has 1 saturated heterocycles. The van der Waals surface area contributed by atoms with Crippen LogP contribution in [0.1, 0.15) is 24.8 Å². The van der Waals surface area contributed by atoms with Crippen molar-refractivity contribution >= 4 is 22.2 Å². The molecule has 3 aromatic heterocycles. The number of nitriles is 1. The number of hydrogen-bond acceptors (Lipinski definition) is 5. The van der Waals surface area contributed by atoms with Crippen molar-refractivity contribution in [2.45, 2.75) is 19.3 Å². The first-order valence-electron chi connectivity index (χ1n) is 11.3. The lowest BCUT2D eigenvalue weighted by atomic mass is 10.0. The van der Waals surface area contributed by atoms with Crippen molar-refractivity contribution in [2.75, 3.05) is 18.0 Å². The zero-order chi connectivity index (χ0) is 22.2. The van der Waals surface area contributed by atoms with Crippen molar-refractivity contribution in [3.05, 3.63) is 78.9 Å². The minimum absolute atomic E-state index is 0.707. The van der Waals surface area contributed by atoms with Gasteiger partial charge in [-0.25, -0.2) is 9.50 Å². The largest absolute Gasteiger partial charge is 0.370 e. The van der Waals surface area contributed by atoms with Gasteiger partial charge in [0.25, 0.3) is 0 Å². The Bertz CT molecular complexity index is 1520. The molecule has 6 nitrogen and oxygen atoms in total. The number of piperidine rings is 1. The Hall–Kier alpha value is -4.24. The first-order valence-corrected chi connectivity index (χ1v) is 11.3. The lowest BCUT2D eigenvalue weighted by Crippen LogP contribution is -2.29. The van der Waals surface area contributed by atoms with Gasteiger partial charge in [0.15, 0.2) is 5.65 Å². The van der Waals surface area contributed by atoms with Crippen LogP contribution >= 0.6 is 0 Å². The minimum Gasteiger partial charge on any atom is -0.370 e. The smallest absolute Gasteiger partial charge is 0.162 e. The molecule has 0 aliphatic carbocycles. The molecule has 1 aliphatic rings. The summed E-state index contributed by atoms with van der Waals surface area (Å²) in [6, 6.07) is 18.6. The van der Waals surface area contributed by atoms with E-state index in [9.17, 15) is 5.26 Å². The molecule has 0 amide bonds. The number of aromatic nitrogens is 4. The molecular weight excluding hydrogens is 408 g/mol. The number of benzene rings is 2. The normalized spacial score (nSPS) is 14.0. The number of anilines is 1. The van der Waals surface area contributed by atoms with Crippen LogP contribution in [0.25, 0.3) is 38.8 Å². The Kier molecular flexibility index (Phi) is 4.73. The van der Waals surface area contributed by atoms with Crippen LogP contribution < -0.4 is 4.90 Å². The van der Waals surface area contributed by atoms with E-state index in [1.807, 2.05) is 47.4 Å². The summed E-state index contributed by atoms with van der Waals surface area (Å²) in [5.41, 5.74) is 7.41. The Balaban J connectivity index is 1.40. The highest BCUT2D eigenvalue weighted by atomic mass is 15.2. The van der Waals surface area contributed by atoms with Gasteiger partial charge < -0.3 is 4.90 Å². The van der Waals surface area contributed by atoms with Gasteiger partial charge in [-0.15, -0.1) is 0 Å². The summed E-state index contributed by atoms with van der Waals surface area (Å²) in [7, 11) is 0. The predicted molar refractivity (Wildman–Crippen MR) is 130 cm³/mol. The molecule has 6 rings (SSSR count). The van der Waals surface area contributed by atoms with Gasteiger partial charge in [-0.2, -0.15) is 10.4 Å². The van der Waals surface area contributed by atoms with Gasteiger partial charge in [0, 0.05) is 48.2 Å². The van der Waals surface area contributed by atoms with Crippen LogP contribution in [0.2, 0.25) is 0 Å². The molecule has 0 radical (unpaired) electrons. The fourth-order valence-corrected chi connectivity index (χ4v) is 4.77. The van der Waals surface area contributed by atoms with Gasteiger partial charge in [-0.3, -0.25) is 4.98 Å². The molecule has 160 valence electrons. The van der Waals surface area contributed by atoms with E-state index < -0.39 is 0 Å². The summed E-state index contributed by atoms with van der Waals surface area (Å²) in [6.45, 7) is 2.03. The molecule has 4 heterocycles. The van der Waals surface area contributed by atoms with E-state index in [1.165, 1.54) is 19.3 Å². The molecule has 5 aromatic rings. The zero-order valence-corrected chi connectivity index (χ0v) is 18.1. The van der Waals surface area contributed by atoms with Crippen molar-refractivity contribution in [3.8, 4) is 28.3 Å². The van der Waals surface area contributed by atoms with Gasteiger partial charge in [0.05, 0.1) is 23.0 Å². The Morgan fingerprint density at radius 1 is 0.848 bits per heavy atom. The molecule has 0 atom stereocenters. The maximum Gasteiger partial charge on any atom is 0.162 e. The number of rotatable bonds is 3. The summed E-state index contributed by atoms with van der Waals surface area (Å²) < 4.78 is 1.81. The number of fused-ring (bicyclic) bond motifs is 2. The van der Waals surface area contributed by atoms with E-state index in [1.54, 1.807) is 6.20 Å². The summed E-state index contributed by atoms with van der Waals surface area (Å²) in [6.07, 6.45) is 11.1. The molecular formula is C27H22N6. The monoisotopic (exact) mass is 430 g/mol. The topological polar surface area (TPSA) is 70.1 Å². The van der Waals surface area contributed by atoms with Crippen LogP contribution in [0.15, 0.2) is 73.3 Å². The van der Waals surface area contributed by atoms with Crippen LogP contribution in [0.4, 0.5) is 5.69 Å². The van der Waals surface area contributed by atoms with Crippen LogP contribution in [-0.2, 0) is 0 Å². The molecule has 1 fully saturated rings. The second-order valence-electron chi connectivity index (χ2n) is 8.44. The highest BCUT2D eigenvalue weighted by Crippen LogP contribution is 2.32. The van der Waals surface area contributed by atoms with E-state index in [-0.39, 0.29) is 0 Å². The summed E-state index contributed by atoms with van der Waals surface area (Å²) in [4.78, 5) is 11.5. The van der Waals surface area contributed by atoms with Crippen LogP contribution in [0.3, 0.4) is 0 Å². The third-order valence-corrected chi connectivity index (χ3v) is 6.44. The van der Waals surface area contributed by atoms with Crippen LogP contribution in [0.5, 0.6) is 0 Å². The van der Waals surface area contributed by atoms with Crippen molar-refractivity contribution < 1.29 is 0 Å². The van der Waals surface area contributed by atoms with Crippen molar-refractivity contribution in [1.29, 1.82) is 5.26 Å². The predicted octanol–water partition coefficient (Wildman–Crippen LogP) is 5.47. The molecule has 0 bridgehead atoms. The lowest BCUT2D eigenvalue weighted by molar-refractivity contribution is 0.577. The van der Waals surface area contributed by atoms with E-state index >= 15 is 0 Å². The van der Waals surface area contributed by atoms with E-state index in [4.69, 9.17) is 4.98 Å². The third kappa shape index (κ3) is 3.39. The zero-order valence-electron chi connectivity index (χ0n) is 18.1. The number of pyridine rings is 1. The highest BCUT2D eigenvalue weighted by Gasteiger charge is 2.16. The van der Waals surface area contributed by atoms with Crippen molar-refractivity contribution in [2.24, 2.45) is 0 Å². The Morgan fingerprint density at radius 3 is 2.64 bits per heavy atom. The van der Waals surface area contributed by atoms with Gasteiger partial charge >= 0.3 is 0 Å². The minimum atomic E-state index is 0.707. The van der Waals surface area contributed by atoms with Crippen LogP contribution in [-0.4, -0.2) is 32.7 Å². The van der Waals surface area contributed by atoms with Crippen LogP contribution in [0, 0.1) is 11.3 Å². The average Bonchev–Trinajstić information content (AvgIpc) is 3.31. The molecule has 2 aromatic carbocycles. The fraction of sp³-hybridized carbons (Fsp3) is 0.185. The van der Waals surface area contributed by atoms with E-state index in [0.29, 0.717) is 5.56 Å². The van der Waals surface area contributed by atoms with E-state index in [2.05, 4.69) is 45.3 Å². The Labute approximate surface area is 191 Å². The molecule has 0 saturated carbocycles. The Morgan fingerprint density at radius 2 is 1.76 bits per heavy atom. The first-order chi connectivity index (χ1) is 16.3. The molecule has 1 aliphatic heterocycles. The SMILES string of the molecule is N#Cc1cc(-c2cnc3c(-c4cccc5ncccc45)cnn3c2)ccc1N1CCCCC1. The van der Waals surface area contributed by atoms with Crippen molar-refractivity contribution in [1.82, 2.24) is 19.6 Å². The fourth-order valence-electron chi connectivity index (χ4n) is 4.77. The highest BCUT2D eigenvalue weighted by molar-refractivity contribution is 5.97. The summed E-state index contributed by atoms with van der Waals surface area (Å²) in [5, 5.41) is 15.5. The van der Waals surface area contributed by atoms with Gasteiger partial charge in [0.1, 0.15) is 6.07 Å². The van der Waals surface area contributed by atoms with Gasteiger partial charge in [-0.1, -0.05) is 24.3 Å². The molecule has 0 N–H and O–H groups in total. The lowest BCUT2D eigenvalue weighted by Gasteiger charge is -2.29. The quantitative estimate of drug-likeness (QED) is 0.379. The molecule has 33 heavy (non-hydrogen) atoms. The molecule has 0 spiro atoms. The maximum atomic E-state index is 9.79. The van der Waals surface area contributed by atoms with Gasteiger partial charge in [0.2, 0.25) is 0 Å². The molecule has 6 heteroatoms. The van der Waals surface area contributed by atoms with Crippen molar-refractivity contribution in [3.63, 3.8) is 0 Å².